The normalized spacial score (nSPS) is 11.6. The molecule has 1 unspecified atom stereocenters. The molecule has 20 heavy (non-hydrogen) atoms. The molecule has 5 heteroatoms. The molecule has 0 aromatic heterocycles. The highest BCUT2D eigenvalue weighted by Crippen LogP contribution is 2.13. The van der Waals surface area contributed by atoms with Crippen LogP contribution in [-0.4, -0.2) is 31.6 Å². The molecule has 0 aliphatic rings. The Morgan fingerprint density at radius 2 is 2.05 bits per heavy atom. The summed E-state index contributed by atoms with van der Waals surface area (Å²) in [6, 6.07) is 6.68. The van der Waals surface area contributed by atoms with Crippen molar-refractivity contribution >= 4 is 17.6 Å². The first-order chi connectivity index (χ1) is 9.62. The zero-order chi connectivity index (χ0) is 15.0. The Hall–Kier alpha value is -2.04. The Kier molecular flexibility index (Phi) is 6.56. The van der Waals surface area contributed by atoms with Crippen molar-refractivity contribution in [1.82, 2.24) is 5.32 Å². The van der Waals surface area contributed by atoms with Gasteiger partial charge >= 0.3 is 5.97 Å². The largest absolute Gasteiger partial charge is 0.467 e. The summed E-state index contributed by atoms with van der Waals surface area (Å²) in [5, 5.41) is 5.89. The molecule has 0 radical (unpaired) electrons. The molecule has 5 nitrogen and oxygen atoms in total. The number of nitrogens with one attached hydrogen (secondary N) is 2. The van der Waals surface area contributed by atoms with Gasteiger partial charge in [0.1, 0.15) is 6.04 Å². The molecule has 0 fully saturated rings. The second kappa shape index (κ2) is 8.19. The number of hydrogen-bond donors (Lipinski definition) is 2. The average Bonchev–Trinajstić information content (AvgIpc) is 2.49. The summed E-state index contributed by atoms with van der Waals surface area (Å²) in [4.78, 5) is 23.4. The van der Waals surface area contributed by atoms with Crippen LogP contribution in [0.3, 0.4) is 0 Å². The SMILES string of the molecule is CCCNC(=O)c1cccc(NC(CC)C(=O)OC)c1. The quantitative estimate of drug-likeness (QED) is 0.750. The number of ether oxygens (including phenoxy) is 1. The lowest BCUT2D eigenvalue weighted by atomic mass is 10.1. The van der Waals surface area contributed by atoms with E-state index in [9.17, 15) is 9.59 Å². The molecule has 0 saturated heterocycles. The monoisotopic (exact) mass is 278 g/mol. The zero-order valence-corrected chi connectivity index (χ0v) is 12.2. The highest BCUT2D eigenvalue weighted by atomic mass is 16.5. The van der Waals surface area contributed by atoms with Gasteiger partial charge in [-0.25, -0.2) is 4.79 Å². The van der Waals surface area contributed by atoms with Crippen LogP contribution in [0.5, 0.6) is 0 Å². The summed E-state index contributed by atoms with van der Waals surface area (Å²) < 4.78 is 4.73. The fourth-order valence-corrected chi connectivity index (χ4v) is 1.76. The van der Waals surface area contributed by atoms with Crippen molar-refractivity contribution in [2.75, 3.05) is 19.0 Å². The molecule has 0 aliphatic heterocycles. The maximum atomic E-state index is 11.9. The van der Waals surface area contributed by atoms with Gasteiger partial charge in [0.25, 0.3) is 5.91 Å². The number of benzene rings is 1. The number of methoxy groups -OCH3 is 1. The lowest BCUT2D eigenvalue weighted by molar-refractivity contribution is -0.141. The maximum Gasteiger partial charge on any atom is 0.328 e. The smallest absolute Gasteiger partial charge is 0.328 e. The molecule has 1 amide bonds. The first kappa shape index (κ1) is 16.0. The van der Waals surface area contributed by atoms with Gasteiger partial charge in [0, 0.05) is 17.8 Å². The van der Waals surface area contributed by atoms with Crippen LogP contribution in [0.4, 0.5) is 5.69 Å². The number of carbonyl (C=O) groups excluding carboxylic acids is 2. The summed E-state index contributed by atoms with van der Waals surface area (Å²) in [6.45, 7) is 4.54. The van der Waals surface area contributed by atoms with Crippen molar-refractivity contribution in [3.8, 4) is 0 Å². The van der Waals surface area contributed by atoms with Crippen LogP contribution in [0.1, 0.15) is 37.0 Å². The lowest BCUT2D eigenvalue weighted by Crippen LogP contribution is -2.30. The van der Waals surface area contributed by atoms with E-state index in [-0.39, 0.29) is 11.9 Å². The third kappa shape index (κ3) is 4.57. The Bertz CT molecular complexity index is 460. The lowest BCUT2D eigenvalue weighted by Gasteiger charge is -2.16. The van der Waals surface area contributed by atoms with E-state index in [0.29, 0.717) is 18.5 Å². The predicted molar refractivity (Wildman–Crippen MR) is 78.8 cm³/mol. The summed E-state index contributed by atoms with van der Waals surface area (Å²) in [6.07, 6.45) is 1.50. The van der Waals surface area contributed by atoms with Crippen LogP contribution in [0.15, 0.2) is 24.3 Å². The van der Waals surface area contributed by atoms with Gasteiger partial charge in [-0.3, -0.25) is 4.79 Å². The van der Waals surface area contributed by atoms with Gasteiger partial charge in [0.2, 0.25) is 0 Å². The van der Waals surface area contributed by atoms with E-state index in [1.54, 1.807) is 18.2 Å². The number of esters is 1. The molecule has 110 valence electrons. The number of amides is 1. The molecule has 0 aliphatic carbocycles. The van der Waals surface area contributed by atoms with Gasteiger partial charge in [-0.2, -0.15) is 0 Å². The van der Waals surface area contributed by atoms with Gasteiger partial charge in [-0.1, -0.05) is 19.9 Å². The summed E-state index contributed by atoms with van der Waals surface area (Å²) in [7, 11) is 1.36. The van der Waals surface area contributed by atoms with E-state index in [0.717, 1.165) is 12.1 Å². The first-order valence-corrected chi connectivity index (χ1v) is 6.85. The van der Waals surface area contributed by atoms with Gasteiger partial charge in [-0.05, 0) is 31.0 Å². The molecule has 1 aromatic rings. The van der Waals surface area contributed by atoms with E-state index in [1.165, 1.54) is 7.11 Å². The van der Waals surface area contributed by atoms with E-state index in [1.807, 2.05) is 19.9 Å². The molecule has 1 atom stereocenters. The highest BCUT2D eigenvalue weighted by Gasteiger charge is 2.16. The molecule has 1 rings (SSSR count). The molecular formula is C15H22N2O3. The number of hydrogen-bond acceptors (Lipinski definition) is 4. The minimum absolute atomic E-state index is 0.110. The Morgan fingerprint density at radius 3 is 2.65 bits per heavy atom. The number of carbonyl (C=O) groups is 2. The second-order valence-electron chi connectivity index (χ2n) is 4.47. The first-order valence-electron chi connectivity index (χ1n) is 6.85. The molecule has 0 heterocycles. The van der Waals surface area contributed by atoms with Crippen molar-refractivity contribution in [3.63, 3.8) is 0 Å². The van der Waals surface area contributed by atoms with Crippen LogP contribution in [0, 0.1) is 0 Å². The summed E-state index contributed by atoms with van der Waals surface area (Å²) in [5.41, 5.74) is 1.30. The second-order valence-corrected chi connectivity index (χ2v) is 4.47. The van der Waals surface area contributed by atoms with Crippen LogP contribution in [0.25, 0.3) is 0 Å². The fraction of sp³-hybridized carbons (Fsp3) is 0.467. The van der Waals surface area contributed by atoms with E-state index in [2.05, 4.69) is 10.6 Å². The Morgan fingerprint density at radius 1 is 1.30 bits per heavy atom. The third-order valence-electron chi connectivity index (χ3n) is 2.90. The Labute approximate surface area is 119 Å². The van der Waals surface area contributed by atoms with Crippen LogP contribution >= 0.6 is 0 Å². The third-order valence-corrected chi connectivity index (χ3v) is 2.90. The summed E-state index contributed by atoms with van der Waals surface area (Å²) in [5.74, 6) is -0.421. The van der Waals surface area contributed by atoms with Crippen molar-refractivity contribution in [2.24, 2.45) is 0 Å². The topological polar surface area (TPSA) is 67.4 Å². The number of anilines is 1. The molecular weight excluding hydrogens is 256 g/mol. The van der Waals surface area contributed by atoms with Crippen LogP contribution in [0.2, 0.25) is 0 Å². The van der Waals surface area contributed by atoms with Gasteiger partial charge in [0.15, 0.2) is 0 Å². The molecule has 2 N–H and O–H groups in total. The van der Waals surface area contributed by atoms with Gasteiger partial charge in [0.05, 0.1) is 7.11 Å². The van der Waals surface area contributed by atoms with E-state index < -0.39 is 6.04 Å². The van der Waals surface area contributed by atoms with E-state index >= 15 is 0 Å². The predicted octanol–water partition coefficient (Wildman–Crippen LogP) is 2.19. The summed E-state index contributed by atoms with van der Waals surface area (Å²) >= 11 is 0. The molecule has 1 aromatic carbocycles. The zero-order valence-electron chi connectivity index (χ0n) is 12.2. The Balaban J connectivity index is 2.77. The molecule has 0 saturated carbocycles. The van der Waals surface area contributed by atoms with Crippen molar-refractivity contribution in [2.45, 2.75) is 32.7 Å². The van der Waals surface area contributed by atoms with Gasteiger partial charge < -0.3 is 15.4 Å². The average molecular weight is 278 g/mol. The highest BCUT2D eigenvalue weighted by molar-refractivity contribution is 5.95. The minimum Gasteiger partial charge on any atom is -0.467 e. The van der Waals surface area contributed by atoms with Crippen molar-refractivity contribution < 1.29 is 14.3 Å². The molecule has 0 bridgehead atoms. The van der Waals surface area contributed by atoms with Gasteiger partial charge in [-0.15, -0.1) is 0 Å². The van der Waals surface area contributed by atoms with Crippen LogP contribution < -0.4 is 10.6 Å². The minimum atomic E-state index is -0.408. The maximum absolute atomic E-state index is 11.9. The molecule has 0 spiro atoms. The van der Waals surface area contributed by atoms with Crippen molar-refractivity contribution in [1.29, 1.82) is 0 Å². The fourth-order valence-electron chi connectivity index (χ4n) is 1.76. The standard InChI is InChI=1S/C15H22N2O3/c1-4-9-16-14(18)11-7-6-8-12(10-11)17-13(5-2)15(19)20-3/h6-8,10,13,17H,4-5,9H2,1-3H3,(H,16,18). The number of rotatable bonds is 7. The van der Waals surface area contributed by atoms with Crippen LogP contribution in [-0.2, 0) is 9.53 Å². The van der Waals surface area contributed by atoms with Crippen molar-refractivity contribution in [3.05, 3.63) is 29.8 Å². The van der Waals surface area contributed by atoms with E-state index in [4.69, 9.17) is 4.74 Å².